The summed E-state index contributed by atoms with van der Waals surface area (Å²) in [5.74, 6) is -1.04. The highest BCUT2D eigenvalue weighted by molar-refractivity contribution is 5.86. The fraction of sp³-hybridized carbons (Fsp3) is 0.609. The summed E-state index contributed by atoms with van der Waals surface area (Å²) in [5.41, 5.74) is 0.885. The van der Waals surface area contributed by atoms with Crippen molar-refractivity contribution in [3.8, 4) is 0 Å². The lowest BCUT2D eigenvalue weighted by Crippen LogP contribution is -2.39. The van der Waals surface area contributed by atoms with Crippen molar-refractivity contribution in [1.29, 1.82) is 0 Å². The molecule has 1 aromatic rings. The first-order valence-corrected chi connectivity index (χ1v) is 10.8. The SMILES string of the molecule is CCCCCCCCCCCC(=O)NCC(=O)NCC(=O)OCc1ccccc1. The number of rotatable bonds is 16. The van der Waals surface area contributed by atoms with Gasteiger partial charge in [-0.2, -0.15) is 0 Å². The summed E-state index contributed by atoms with van der Waals surface area (Å²) >= 11 is 0. The van der Waals surface area contributed by atoms with Crippen molar-refractivity contribution in [3.63, 3.8) is 0 Å². The van der Waals surface area contributed by atoms with Crippen molar-refractivity contribution < 1.29 is 19.1 Å². The standard InChI is InChI=1S/C23H36N2O4/c1-2-3-4-5-6-7-8-9-13-16-21(26)24-17-22(27)25-18-23(28)29-19-20-14-11-10-12-15-20/h10-12,14-15H,2-9,13,16-19H2,1H3,(H,24,26)(H,25,27). The highest BCUT2D eigenvalue weighted by atomic mass is 16.5. The molecule has 0 aliphatic heterocycles. The maximum absolute atomic E-state index is 11.8. The first-order valence-electron chi connectivity index (χ1n) is 10.8. The Hall–Kier alpha value is -2.37. The maximum Gasteiger partial charge on any atom is 0.325 e. The monoisotopic (exact) mass is 404 g/mol. The van der Waals surface area contributed by atoms with Gasteiger partial charge >= 0.3 is 5.97 Å². The van der Waals surface area contributed by atoms with E-state index in [1.807, 2.05) is 30.3 Å². The van der Waals surface area contributed by atoms with Gasteiger partial charge in [-0.3, -0.25) is 14.4 Å². The van der Waals surface area contributed by atoms with Gasteiger partial charge in [0.25, 0.3) is 0 Å². The highest BCUT2D eigenvalue weighted by Gasteiger charge is 2.08. The Labute approximate surface area is 174 Å². The van der Waals surface area contributed by atoms with Crippen LogP contribution in [0.25, 0.3) is 0 Å². The molecule has 6 heteroatoms. The molecule has 6 nitrogen and oxygen atoms in total. The van der Waals surface area contributed by atoms with Gasteiger partial charge in [0.1, 0.15) is 13.2 Å². The minimum absolute atomic E-state index is 0.123. The maximum atomic E-state index is 11.8. The number of ether oxygens (including phenoxy) is 1. The van der Waals surface area contributed by atoms with E-state index in [1.54, 1.807) is 0 Å². The molecule has 0 fully saturated rings. The molecule has 0 saturated heterocycles. The molecule has 0 heterocycles. The van der Waals surface area contributed by atoms with Gasteiger partial charge in [-0.05, 0) is 12.0 Å². The van der Waals surface area contributed by atoms with E-state index in [0.29, 0.717) is 6.42 Å². The molecule has 29 heavy (non-hydrogen) atoms. The van der Waals surface area contributed by atoms with Crippen LogP contribution in [0, 0.1) is 0 Å². The second-order valence-electron chi connectivity index (χ2n) is 7.28. The fourth-order valence-corrected chi connectivity index (χ4v) is 2.89. The number of nitrogens with one attached hydrogen (secondary N) is 2. The molecular weight excluding hydrogens is 368 g/mol. The number of hydrogen-bond acceptors (Lipinski definition) is 4. The topological polar surface area (TPSA) is 84.5 Å². The van der Waals surface area contributed by atoms with Crippen LogP contribution in [0.1, 0.15) is 76.7 Å². The quantitative estimate of drug-likeness (QED) is 0.323. The van der Waals surface area contributed by atoms with Crippen LogP contribution < -0.4 is 10.6 Å². The number of unbranched alkanes of at least 4 members (excludes halogenated alkanes) is 8. The van der Waals surface area contributed by atoms with Crippen molar-refractivity contribution in [2.75, 3.05) is 13.1 Å². The average Bonchev–Trinajstić information content (AvgIpc) is 2.74. The van der Waals surface area contributed by atoms with E-state index >= 15 is 0 Å². The summed E-state index contributed by atoms with van der Waals surface area (Å²) in [7, 11) is 0. The van der Waals surface area contributed by atoms with E-state index in [9.17, 15) is 14.4 Å². The minimum atomic E-state index is -0.511. The third-order valence-corrected chi connectivity index (χ3v) is 4.63. The van der Waals surface area contributed by atoms with Crippen LogP contribution in [0.3, 0.4) is 0 Å². The molecular formula is C23H36N2O4. The van der Waals surface area contributed by atoms with Crippen LogP contribution in [0.2, 0.25) is 0 Å². The van der Waals surface area contributed by atoms with E-state index < -0.39 is 11.9 Å². The molecule has 0 atom stereocenters. The van der Waals surface area contributed by atoms with Crippen molar-refractivity contribution >= 4 is 17.8 Å². The largest absolute Gasteiger partial charge is 0.460 e. The molecule has 1 aromatic carbocycles. The zero-order valence-electron chi connectivity index (χ0n) is 17.7. The lowest BCUT2D eigenvalue weighted by atomic mass is 10.1. The average molecular weight is 405 g/mol. The second-order valence-corrected chi connectivity index (χ2v) is 7.28. The zero-order chi connectivity index (χ0) is 21.2. The Kier molecular flexibility index (Phi) is 14.1. The molecule has 0 aromatic heterocycles. The van der Waals surface area contributed by atoms with Crippen LogP contribution >= 0.6 is 0 Å². The molecule has 0 spiro atoms. The molecule has 0 aliphatic rings. The highest BCUT2D eigenvalue weighted by Crippen LogP contribution is 2.10. The Morgan fingerprint density at radius 1 is 0.759 bits per heavy atom. The molecule has 0 radical (unpaired) electrons. The smallest absolute Gasteiger partial charge is 0.325 e. The molecule has 1 rings (SSSR count). The molecule has 2 amide bonds. The lowest BCUT2D eigenvalue weighted by molar-refractivity contribution is -0.145. The van der Waals surface area contributed by atoms with Crippen LogP contribution in [-0.4, -0.2) is 30.9 Å². The summed E-state index contributed by atoms with van der Waals surface area (Å²) in [6, 6.07) is 9.32. The van der Waals surface area contributed by atoms with Crippen molar-refractivity contribution in [3.05, 3.63) is 35.9 Å². The van der Waals surface area contributed by atoms with Gasteiger partial charge in [0.15, 0.2) is 0 Å². The third kappa shape index (κ3) is 14.3. The second kappa shape index (κ2) is 16.6. The number of hydrogen-bond donors (Lipinski definition) is 2. The van der Waals surface area contributed by atoms with E-state index in [0.717, 1.165) is 24.8 Å². The molecule has 0 saturated carbocycles. The predicted octanol–water partition coefficient (Wildman–Crippen LogP) is 3.88. The zero-order valence-corrected chi connectivity index (χ0v) is 17.7. The predicted molar refractivity (Wildman–Crippen MR) is 114 cm³/mol. The molecule has 0 unspecified atom stereocenters. The normalized spacial score (nSPS) is 10.4. The van der Waals surface area contributed by atoms with Crippen molar-refractivity contribution in [2.24, 2.45) is 0 Å². The van der Waals surface area contributed by atoms with Gasteiger partial charge < -0.3 is 15.4 Å². The van der Waals surface area contributed by atoms with Gasteiger partial charge in [0.2, 0.25) is 11.8 Å². The molecule has 0 bridgehead atoms. The Morgan fingerprint density at radius 3 is 2.00 bits per heavy atom. The van der Waals surface area contributed by atoms with Crippen molar-refractivity contribution in [2.45, 2.75) is 77.7 Å². The summed E-state index contributed by atoms with van der Waals surface area (Å²) in [5, 5.41) is 5.04. The number of carbonyl (C=O) groups is 3. The third-order valence-electron chi connectivity index (χ3n) is 4.63. The van der Waals surface area contributed by atoms with Gasteiger partial charge in [-0.25, -0.2) is 0 Å². The first-order chi connectivity index (χ1) is 14.1. The van der Waals surface area contributed by atoms with Crippen LogP contribution in [-0.2, 0) is 25.7 Å². The van der Waals surface area contributed by atoms with Gasteiger partial charge in [0.05, 0.1) is 6.54 Å². The Morgan fingerprint density at radius 2 is 1.34 bits per heavy atom. The fourth-order valence-electron chi connectivity index (χ4n) is 2.89. The van der Waals surface area contributed by atoms with Crippen LogP contribution in [0.15, 0.2) is 30.3 Å². The van der Waals surface area contributed by atoms with Crippen molar-refractivity contribution in [1.82, 2.24) is 10.6 Å². The lowest BCUT2D eigenvalue weighted by Gasteiger charge is -2.08. The van der Waals surface area contributed by atoms with Crippen LogP contribution in [0.4, 0.5) is 0 Å². The Bertz CT molecular complexity index is 590. The first kappa shape index (κ1) is 24.7. The molecule has 2 N–H and O–H groups in total. The summed E-state index contributed by atoms with van der Waals surface area (Å²) in [6.07, 6.45) is 11.2. The summed E-state index contributed by atoms with van der Waals surface area (Å²) in [6.45, 7) is 2.06. The van der Waals surface area contributed by atoms with Gasteiger partial charge in [0, 0.05) is 6.42 Å². The van der Waals surface area contributed by atoms with Gasteiger partial charge in [-0.1, -0.05) is 88.6 Å². The van der Waals surface area contributed by atoms with Crippen LogP contribution in [0.5, 0.6) is 0 Å². The summed E-state index contributed by atoms with van der Waals surface area (Å²) < 4.78 is 5.08. The van der Waals surface area contributed by atoms with E-state index in [1.165, 1.54) is 38.5 Å². The number of benzene rings is 1. The molecule has 162 valence electrons. The van der Waals surface area contributed by atoms with E-state index in [-0.39, 0.29) is 25.6 Å². The number of carbonyl (C=O) groups excluding carboxylic acids is 3. The van der Waals surface area contributed by atoms with Gasteiger partial charge in [-0.15, -0.1) is 0 Å². The number of esters is 1. The minimum Gasteiger partial charge on any atom is -0.460 e. The van der Waals surface area contributed by atoms with E-state index in [2.05, 4.69) is 17.6 Å². The summed E-state index contributed by atoms with van der Waals surface area (Å²) in [4.78, 5) is 35.1. The van der Waals surface area contributed by atoms with E-state index in [4.69, 9.17) is 4.74 Å². The number of amides is 2. The Balaban J connectivity index is 1.96. The molecule has 0 aliphatic carbocycles.